The molecule has 2 saturated heterocycles. The molecule has 5 aliphatic rings. The summed E-state index contributed by atoms with van der Waals surface area (Å²) in [5.74, 6) is 7.00. The number of pyridine rings is 1. The molecule has 4 amide bonds. The van der Waals surface area contributed by atoms with Gasteiger partial charge >= 0.3 is 0 Å². The highest BCUT2D eigenvalue weighted by atomic mass is 16.5. The number of nitrogens with zero attached hydrogens (tertiary/aromatic N) is 9. The molecule has 2 bridgehead atoms. The lowest BCUT2D eigenvalue weighted by Crippen LogP contribution is -2.52. The van der Waals surface area contributed by atoms with Crippen LogP contribution in [-0.2, 0) is 29.7 Å². The number of aryl methyl sites for hydroxylation is 2. The molecule has 0 radical (unpaired) electrons. The van der Waals surface area contributed by atoms with Gasteiger partial charge in [-0.1, -0.05) is 30.9 Å². The van der Waals surface area contributed by atoms with E-state index in [1.54, 1.807) is 34.0 Å². The number of nitrogens with one attached hydrogen (secondary N) is 1. The molecule has 326 valence electrons. The maximum absolute atomic E-state index is 14.0. The Kier molecular flexibility index (Phi) is 11.8. The molecule has 9 rings (SSSR count). The van der Waals surface area contributed by atoms with E-state index in [9.17, 15) is 19.2 Å². The fourth-order valence-corrected chi connectivity index (χ4v) is 9.42. The Balaban J connectivity index is 0.814. The standard InChI is InChI=1S/C48H54N10O5/c1-31-10-9-23-63-47-37(27-49-54(47)4)39-26-35(24-32(2)50-39)44(60)52-48-53(3)40-15-14-33(25-42(40)58(48)28-31)29-56-21-19-55(20-22-56)18-7-5-6-11-34-12-8-13-36-38(34)30-57(46(36)62)41-16-17-43(59)51-45(41)61/h8,12-15,24-27,31,41H,5,7,9-10,16-23,28-30H2,1-4H3,(H,51,59,61)/t31-,41?/m1/s1. The molecule has 63 heavy (non-hydrogen) atoms. The molecule has 2 atom stereocenters. The topological polar surface area (TPSA) is 149 Å². The number of imide groups is 1. The smallest absolute Gasteiger partial charge is 0.280 e. The molecule has 4 aromatic rings. The van der Waals surface area contributed by atoms with Gasteiger partial charge in [-0.2, -0.15) is 10.1 Å². The fraction of sp³-hybridized carbons (Fsp3) is 0.438. The van der Waals surface area contributed by atoms with Crippen molar-refractivity contribution in [2.24, 2.45) is 18.0 Å². The van der Waals surface area contributed by atoms with E-state index in [1.165, 1.54) is 5.56 Å². The van der Waals surface area contributed by atoms with Crippen molar-refractivity contribution in [1.29, 1.82) is 0 Å². The second-order valence-electron chi connectivity index (χ2n) is 17.4. The summed E-state index contributed by atoms with van der Waals surface area (Å²) in [6.45, 7) is 11.4. The summed E-state index contributed by atoms with van der Waals surface area (Å²) < 4.78 is 7.99. The first-order valence-electron chi connectivity index (χ1n) is 22.1. The van der Waals surface area contributed by atoms with Crippen molar-refractivity contribution in [2.45, 2.75) is 71.5 Å². The Bertz CT molecular complexity index is 2560. The lowest BCUT2D eigenvalue weighted by Gasteiger charge is -2.34. The number of carbonyl (C=O) groups is 4. The summed E-state index contributed by atoms with van der Waals surface area (Å²) in [6, 6.07) is 15.1. The average molecular weight is 851 g/mol. The summed E-state index contributed by atoms with van der Waals surface area (Å²) in [4.78, 5) is 71.7. The van der Waals surface area contributed by atoms with Gasteiger partial charge < -0.3 is 24.3 Å². The normalized spacial score (nSPS) is 20.7. The Morgan fingerprint density at radius 3 is 2.59 bits per heavy atom. The van der Waals surface area contributed by atoms with Crippen LogP contribution in [0.5, 0.6) is 5.88 Å². The van der Waals surface area contributed by atoms with Gasteiger partial charge in [0, 0.05) is 95.1 Å². The Labute approximate surface area is 368 Å². The molecule has 7 heterocycles. The third-order valence-electron chi connectivity index (χ3n) is 12.8. The van der Waals surface area contributed by atoms with Crippen molar-refractivity contribution >= 4 is 41.0 Å². The molecule has 2 aromatic carbocycles. The number of unbranched alkanes of at least 4 members (excludes halogenated alkanes) is 1. The van der Waals surface area contributed by atoms with E-state index in [-0.39, 0.29) is 24.1 Å². The summed E-state index contributed by atoms with van der Waals surface area (Å²) >= 11 is 0. The zero-order valence-electron chi connectivity index (χ0n) is 36.5. The molecule has 15 nitrogen and oxygen atoms in total. The number of piperazine rings is 1. The quantitative estimate of drug-likeness (QED) is 0.163. The average Bonchev–Trinajstić information content (AvgIpc) is 3.89. The molecular formula is C48H54N10O5. The lowest BCUT2D eigenvalue weighted by molar-refractivity contribution is -0.136. The van der Waals surface area contributed by atoms with Crippen molar-refractivity contribution < 1.29 is 23.9 Å². The molecule has 1 N–H and O–H groups in total. The molecule has 0 aliphatic carbocycles. The predicted molar refractivity (Wildman–Crippen MR) is 239 cm³/mol. The number of piperidine rings is 1. The number of fused-ring (bicyclic) bond motifs is 8. The number of rotatable bonds is 6. The molecule has 15 heteroatoms. The van der Waals surface area contributed by atoms with E-state index in [2.05, 4.69) is 62.1 Å². The third kappa shape index (κ3) is 8.70. The molecule has 0 spiro atoms. The SMILES string of the molecule is Cc1cc2cc(n1)-c1cnn(C)c1OCCC[C@@H](C)CN1C(=NC2=O)N(C)c2ccc(CN3CCN(CCCC#Cc4cccc5c4CN(C4CCC(=O)NC4=O)C5=O)CC3)cc21. The molecular weight excluding hydrogens is 797 g/mol. The van der Waals surface area contributed by atoms with Gasteiger partial charge in [-0.25, -0.2) is 4.68 Å². The monoisotopic (exact) mass is 850 g/mol. The van der Waals surface area contributed by atoms with E-state index in [0.29, 0.717) is 66.4 Å². The van der Waals surface area contributed by atoms with Gasteiger partial charge in [0.1, 0.15) is 6.04 Å². The van der Waals surface area contributed by atoms with Gasteiger partial charge in [0.15, 0.2) is 0 Å². The second-order valence-corrected chi connectivity index (χ2v) is 17.4. The van der Waals surface area contributed by atoms with E-state index in [1.807, 2.05) is 38.1 Å². The van der Waals surface area contributed by atoms with Crippen LogP contribution < -0.4 is 19.9 Å². The van der Waals surface area contributed by atoms with Crippen molar-refractivity contribution in [3.8, 4) is 29.0 Å². The van der Waals surface area contributed by atoms with Crippen molar-refractivity contribution in [3.05, 3.63) is 88.2 Å². The van der Waals surface area contributed by atoms with E-state index < -0.39 is 11.9 Å². The van der Waals surface area contributed by atoms with Gasteiger partial charge in [0.25, 0.3) is 11.8 Å². The highest BCUT2D eigenvalue weighted by Crippen LogP contribution is 2.39. The maximum Gasteiger partial charge on any atom is 0.280 e. The molecule has 0 saturated carbocycles. The van der Waals surface area contributed by atoms with Crippen LogP contribution in [0.3, 0.4) is 0 Å². The number of ether oxygens (including phenoxy) is 1. The molecule has 2 fully saturated rings. The number of amides is 4. The van der Waals surface area contributed by atoms with E-state index in [4.69, 9.17) is 14.7 Å². The highest BCUT2D eigenvalue weighted by Gasteiger charge is 2.40. The Hall–Kier alpha value is -6.37. The van der Waals surface area contributed by atoms with Crippen LogP contribution in [0, 0.1) is 24.7 Å². The van der Waals surface area contributed by atoms with Crippen LogP contribution in [0.4, 0.5) is 11.4 Å². The lowest BCUT2D eigenvalue weighted by atomic mass is 10.0. The number of guanidine groups is 1. The van der Waals surface area contributed by atoms with Crippen LogP contribution in [0.1, 0.15) is 88.5 Å². The minimum absolute atomic E-state index is 0.182. The van der Waals surface area contributed by atoms with Crippen LogP contribution >= 0.6 is 0 Å². The molecule has 1 unspecified atom stereocenters. The fourth-order valence-electron chi connectivity index (χ4n) is 9.42. The number of carbonyl (C=O) groups excluding carboxylic acids is 4. The minimum atomic E-state index is -0.639. The van der Waals surface area contributed by atoms with Crippen LogP contribution in [0.15, 0.2) is 59.7 Å². The first-order chi connectivity index (χ1) is 30.5. The van der Waals surface area contributed by atoms with Gasteiger partial charge in [0.2, 0.25) is 23.7 Å². The number of hydrogen-bond acceptors (Lipinski definition) is 11. The van der Waals surface area contributed by atoms with Gasteiger partial charge in [-0.15, -0.1) is 0 Å². The number of benzene rings is 2. The zero-order chi connectivity index (χ0) is 43.8. The number of aliphatic imine (C=N–C) groups is 1. The van der Waals surface area contributed by atoms with Crippen LogP contribution in [0.25, 0.3) is 11.3 Å². The predicted octanol–water partition coefficient (Wildman–Crippen LogP) is 4.76. The minimum Gasteiger partial charge on any atom is -0.477 e. The summed E-state index contributed by atoms with van der Waals surface area (Å²) in [6.07, 6.45) is 5.81. The van der Waals surface area contributed by atoms with Gasteiger partial charge in [-0.05, 0) is 92.6 Å². The third-order valence-corrected chi connectivity index (χ3v) is 12.8. The highest BCUT2D eigenvalue weighted by molar-refractivity contribution is 6.20. The first kappa shape index (κ1) is 42.0. The summed E-state index contributed by atoms with van der Waals surface area (Å²) in [5.41, 5.74) is 8.16. The maximum atomic E-state index is 14.0. The number of aromatic nitrogens is 3. The van der Waals surface area contributed by atoms with Gasteiger partial charge in [0.05, 0.1) is 35.4 Å². The molecule has 5 aliphatic heterocycles. The van der Waals surface area contributed by atoms with E-state index in [0.717, 1.165) is 93.0 Å². The largest absolute Gasteiger partial charge is 0.477 e. The van der Waals surface area contributed by atoms with Crippen LogP contribution in [0.2, 0.25) is 0 Å². The molecule has 2 aromatic heterocycles. The number of hydrogen-bond donors (Lipinski definition) is 1. The summed E-state index contributed by atoms with van der Waals surface area (Å²) in [5, 5.41) is 6.79. The first-order valence-corrected chi connectivity index (χ1v) is 22.1. The zero-order valence-corrected chi connectivity index (χ0v) is 36.5. The van der Waals surface area contributed by atoms with Crippen molar-refractivity contribution in [1.82, 2.24) is 34.8 Å². The Morgan fingerprint density at radius 2 is 1.76 bits per heavy atom. The second kappa shape index (κ2) is 17.8. The number of anilines is 2. The van der Waals surface area contributed by atoms with E-state index >= 15 is 0 Å². The van der Waals surface area contributed by atoms with Crippen molar-refractivity contribution in [3.63, 3.8) is 0 Å². The van der Waals surface area contributed by atoms with Gasteiger partial charge in [-0.3, -0.25) is 34.4 Å². The van der Waals surface area contributed by atoms with Crippen LogP contribution in [-0.4, -0.2) is 118 Å². The Morgan fingerprint density at radius 1 is 0.937 bits per heavy atom. The summed E-state index contributed by atoms with van der Waals surface area (Å²) in [7, 11) is 3.84. The van der Waals surface area contributed by atoms with Crippen molar-refractivity contribution in [2.75, 3.05) is 62.7 Å².